The van der Waals surface area contributed by atoms with E-state index in [2.05, 4.69) is 5.32 Å². The first-order valence-electron chi connectivity index (χ1n) is 6.96. The van der Waals surface area contributed by atoms with Crippen LogP contribution in [0.5, 0.6) is 5.75 Å². The average Bonchev–Trinajstić information content (AvgIpc) is 2.54. The van der Waals surface area contributed by atoms with Gasteiger partial charge in [0, 0.05) is 5.02 Å². The van der Waals surface area contributed by atoms with Crippen LogP contribution in [0, 0.1) is 0 Å². The maximum atomic E-state index is 12.1. The van der Waals surface area contributed by atoms with Gasteiger partial charge in [-0.25, -0.2) is 0 Å². The fourth-order valence-corrected chi connectivity index (χ4v) is 2.24. The molecule has 0 saturated heterocycles. The molecule has 2 amide bonds. The van der Waals surface area contributed by atoms with Crippen molar-refractivity contribution in [3.8, 4) is 5.75 Å². The summed E-state index contributed by atoms with van der Waals surface area (Å²) in [6.45, 7) is 0. The SMILES string of the molecule is COc1ccc(CC(=O)NC(C(N)=O)c2ccc(Cl)cc2)cc1. The molecule has 0 fully saturated rings. The van der Waals surface area contributed by atoms with Gasteiger partial charge in [0.1, 0.15) is 11.8 Å². The number of carbonyl (C=O) groups is 2. The van der Waals surface area contributed by atoms with Crippen LogP contribution < -0.4 is 15.8 Å². The topological polar surface area (TPSA) is 81.4 Å². The molecule has 2 aromatic carbocycles. The molecule has 0 aliphatic heterocycles. The number of hydrogen-bond acceptors (Lipinski definition) is 3. The van der Waals surface area contributed by atoms with E-state index in [0.717, 1.165) is 5.56 Å². The number of amides is 2. The standard InChI is InChI=1S/C17H17ClN2O3/c1-23-14-8-2-11(3-9-14)10-15(21)20-16(17(19)22)12-4-6-13(18)7-5-12/h2-9,16H,10H2,1H3,(H2,19,22)(H,20,21). The Morgan fingerprint density at radius 1 is 1.13 bits per heavy atom. The molecular weight excluding hydrogens is 316 g/mol. The minimum Gasteiger partial charge on any atom is -0.497 e. The summed E-state index contributed by atoms with van der Waals surface area (Å²) in [5, 5.41) is 3.18. The van der Waals surface area contributed by atoms with Gasteiger partial charge in [-0.05, 0) is 35.4 Å². The smallest absolute Gasteiger partial charge is 0.244 e. The van der Waals surface area contributed by atoms with E-state index in [0.29, 0.717) is 16.3 Å². The molecule has 6 heteroatoms. The molecule has 0 aliphatic rings. The molecule has 0 bridgehead atoms. The highest BCUT2D eigenvalue weighted by atomic mass is 35.5. The van der Waals surface area contributed by atoms with Crippen LogP contribution in [0.15, 0.2) is 48.5 Å². The van der Waals surface area contributed by atoms with Crippen molar-refractivity contribution < 1.29 is 14.3 Å². The zero-order valence-electron chi connectivity index (χ0n) is 12.6. The van der Waals surface area contributed by atoms with E-state index in [1.807, 2.05) is 0 Å². The maximum Gasteiger partial charge on any atom is 0.244 e. The van der Waals surface area contributed by atoms with E-state index < -0.39 is 11.9 Å². The molecule has 0 saturated carbocycles. The van der Waals surface area contributed by atoms with Gasteiger partial charge in [-0.1, -0.05) is 35.9 Å². The molecule has 0 radical (unpaired) electrons. The summed E-state index contributed by atoms with van der Waals surface area (Å²) < 4.78 is 5.07. The monoisotopic (exact) mass is 332 g/mol. The molecule has 23 heavy (non-hydrogen) atoms. The molecule has 120 valence electrons. The molecule has 3 N–H and O–H groups in total. The number of methoxy groups -OCH3 is 1. The minimum atomic E-state index is -0.891. The number of nitrogens with one attached hydrogen (secondary N) is 1. The summed E-state index contributed by atoms with van der Waals surface area (Å²) >= 11 is 5.82. The molecule has 0 heterocycles. The van der Waals surface area contributed by atoms with Crippen molar-refractivity contribution in [2.24, 2.45) is 5.73 Å². The molecule has 0 aliphatic carbocycles. The fourth-order valence-electron chi connectivity index (χ4n) is 2.11. The fraction of sp³-hybridized carbons (Fsp3) is 0.176. The van der Waals surface area contributed by atoms with Crippen LogP contribution in [-0.2, 0) is 16.0 Å². The lowest BCUT2D eigenvalue weighted by Gasteiger charge is -2.16. The van der Waals surface area contributed by atoms with Gasteiger partial charge in [0.05, 0.1) is 13.5 Å². The highest BCUT2D eigenvalue weighted by Crippen LogP contribution is 2.17. The van der Waals surface area contributed by atoms with Crippen molar-refractivity contribution in [3.63, 3.8) is 0 Å². The van der Waals surface area contributed by atoms with Crippen molar-refractivity contribution in [2.45, 2.75) is 12.5 Å². The first-order valence-corrected chi connectivity index (χ1v) is 7.34. The Balaban J connectivity index is 2.05. The van der Waals surface area contributed by atoms with Gasteiger partial charge < -0.3 is 15.8 Å². The zero-order valence-corrected chi connectivity index (χ0v) is 13.3. The van der Waals surface area contributed by atoms with Gasteiger partial charge in [0.15, 0.2) is 0 Å². The van der Waals surface area contributed by atoms with Crippen LogP contribution in [0.1, 0.15) is 17.2 Å². The molecule has 1 atom stereocenters. The van der Waals surface area contributed by atoms with E-state index in [4.69, 9.17) is 22.1 Å². The Hall–Kier alpha value is -2.53. The van der Waals surface area contributed by atoms with E-state index >= 15 is 0 Å². The highest BCUT2D eigenvalue weighted by Gasteiger charge is 2.20. The van der Waals surface area contributed by atoms with Gasteiger partial charge in [-0.3, -0.25) is 9.59 Å². The van der Waals surface area contributed by atoms with Gasteiger partial charge in [0.2, 0.25) is 11.8 Å². The van der Waals surface area contributed by atoms with Gasteiger partial charge in [0.25, 0.3) is 0 Å². The summed E-state index contributed by atoms with van der Waals surface area (Å²) in [7, 11) is 1.57. The van der Waals surface area contributed by atoms with Crippen molar-refractivity contribution in [3.05, 3.63) is 64.7 Å². The molecule has 1 unspecified atom stereocenters. The molecule has 0 spiro atoms. The van der Waals surface area contributed by atoms with E-state index in [-0.39, 0.29) is 12.3 Å². The zero-order chi connectivity index (χ0) is 16.8. The molecule has 2 rings (SSSR count). The van der Waals surface area contributed by atoms with Crippen LogP contribution in [-0.4, -0.2) is 18.9 Å². The molecular formula is C17H17ClN2O3. The largest absolute Gasteiger partial charge is 0.497 e. The van der Waals surface area contributed by atoms with E-state index in [9.17, 15) is 9.59 Å². The molecule has 0 aromatic heterocycles. The number of halogens is 1. The lowest BCUT2D eigenvalue weighted by molar-refractivity contribution is -0.127. The summed E-state index contributed by atoms with van der Waals surface area (Å²) in [5.74, 6) is -0.213. The summed E-state index contributed by atoms with van der Waals surface area (Å²) in [6, 6.07) is 12.8. The summed E-state index contributed by atoms with van der Waals surface area (Å²) in [4.78, 5) is 23.8. The van der Waals surface area contributed by atoms with E-state index in [1.54, 1.807) is 55.6 Å². The third-order valence-corrected chi connectivity index (χ3v) is 3.57. The van der Waals surface area contributed by atoms with Gasteiger partial charge >= 0.3 is 0 Å². The Morgan fingerprint density at radius 2 is 1.74 bits per heavy atom. The summed E-state index contributed by atoms with van der Waals surface area (Å²) in [6.07, 6.45) is 0.140. The molecule has 2 aromatic rings. The quantitative estimate of drug-likeness (QED) is 0.851. The lowest BCUT2D eigenvalue weighted by atomic mass is 10.1. The number of nitrogens with two attached hydrogens (primary N) is 1. The second kappa shape index (κ2) is 7.65. The number of hydrogen-bond donors (Lipinski definition) is 2. The Kier molecular flexibility index (Phi) is 5.60. The van der Waals surface area contributed by atoms with Crippen molar-refractivity contribution in [1.29, 1.82) is 0 Å². The van der Waals surface area contributed by atoms with Crippen molar-refractivity contribution >= 4 is 23.4 Å². The summed E-state index contributed by atoms with van der Waals surface area (Å²) in [5.41, 5.74) is 6.78. The van der Waals surface area contributed by atoms with Gasteiger partial charge in [-0.2, -0.15) is 0 Å². The van der Waals surface area contributed by atoms with Crippen LogP contribution in [0.3, 0.4) is 0 Å². The lowest BCUT2D eigenvalue weighted by Crippen LogP contribution is -2.38. The number of rotatable bonds is 6. The number of benzene rings is 2. The second-order valence-electron chi connectivity index (χ2n) is 4.98. The minimum absolute atomic E-state index is 0.140. The molecule has 5 nitrogen and oxygen atoms in total. The van der Waals surface area contributed by atoms with Crippen LogP contribution in [0.25, 0.3) is 0 Å². The number of ether oxygens (including phenoxy) is 1. The van der Waals surface area contributed by atoms with Crippen molar-refractivity contribution in [2.75, 3.05) is 7.11 Å². The first kappa shape index (κ1) is 16.8. The second-order valence-corrected chi connectivity index (χ2v) is 5.42. The van der Waals surface area contributed by atoms with E-state index in [1.165, 1.54) is 0 Å². The predicted molar refractivity (Wildman–Crippen MR) is 88.2 cm³/mol. The Morgan fingerprint density at radius 3 is 2.26 bits per heavy atom. The van der Waals surface area contributed by atoms with Crippen molar-refractivity contribution in [1.82, 2.24) is 5.32 Å². The van der Waals surface area contributed by atoms with Crippen LogP contribution in [0.2, 0.25) is 5.02 Å². The Bertz CT molecular complexity index is 684. The number of carbonyl (C=O) groups excluding carboxylic acids is 2. The maximum absolute atomic E-state index is 12.1. The number of primary amides is 1. The van der Waals surface area contributed by atoms with Crippen LogP contribution in [0.4, 0.5) is 0 Å². The predicted octanol–water partition coefficient (Wildman–Crippen LogP) is 2.23. The highest BCUT2D eigenvalue weighted by molar-refractivity contribution is 6.30. The van der Waals surface area contributed by atoms with Gasteiger partial charge in [-0.15, -0.1) is 0 Å². The third-order valence-electron chi connectivity index (χ3n) is 3.32. The average molecular weight is 333 g/mol. The van der Waals surface area contributed by atoms with Crippen LogP contribution >= 0.6 is 11.6 Å². The third kappa shape index (κ3) is 4.72. The normalized spacial score (nSPS) is 11.6. The Labute approximate surface area is 139 Å². The first-order chi connectivity index (χ1) is 11.0.